The molecule has 0 radical (unpaired) electrons. The molecule has 10 heteroatoms. The molecule has 0 saturated carbocycles. The highest BCUT2D eigenvalue weighted by molar-refractivity contribution is 6.33. The van der Waals surface area contributed by atoms with Gasteiger partial charge in [0.1, 0.15) is 11.1 Å². The maximum absolute atomic E-state index is 13.5. The van der Waals surface area contributed by atoms with E-state index in [0.717, 1.165) is 16.5 Å². The Balaban J connectivity index is 1.72. The number of hydrogen-bond acceptors (Lipinski definition) is 5. The molecule has 1 aliphatic rings. The molecule has 1 heterocycles. The highest BCUT2D eigenvalue weighted by atomic mass is 35.5. The van der Waals surface area contributed by atoms with E-state index in [0.29, 0.717) is 10.7 Å². The van der Waals surface area contributed by atoms with E-state index in [1.807, 2.05) is 6.07 Å². The van der Waals surface area contributed by atoms with Gasteiger partial charge >= 0.3 is 0 Å². The fourth-order valence-corrected chi connectivity index (χ4v) is 4.09. The molecule has 8 nitrogen and oxygen atoms in total. The summed E-state index contributed by atoms with van der Waals surface area (Å²) in [4.78, 5) is 52.6. The fourth-order valence-electron chi connectivity index (χ4n) is 3.78. The van der Waals surface area contributed by atoms with E-state index in [-0.39, 0.29) is 23.6 Å². The Labute approximate surface area is 204 Å². The lowest BCUT2D eigenvalue weighted by Crippen LogP contribution is -2.45. The third-order valence-corrected chi connectivity index (χ3v) is 6.00. The van der Waals surface area contributed by atoms with Crippen molar-refractivity contribution in [3.05, 3.63) is 104 Å². The molecule has 172 valence electrons. The Hall–Kier alpha value is -3.75. The average Bonchev–Trinajstić information content (AvgIpc) is 3.12. The van der Waals surface area contributed by atoms with Gasteiger partial charge < -0.3 is 4.90 Å². The van der Waals surface area contributed by atoms with Crippen molar-refractivity contribution in [1.29, 1.82) is 0 Å². The number of amides is 3. The average molecular weight is 498 g/mol. The lowest BCUT2D eigenvalue weighted by molar-refractivity contribution is -0.384. The molecule has 0 aliphatic carbocycles. The van der Waals surface area contributed by atoms with Crippen molar-refractivity contribution in [1.82, 2.24) is 4.90 Å². The quantitative estimate of drug-likeness (QED) is 0.274. The minimum atomic E-state index is -1.09. The Kier molecular flexibility index (Phi) is 6.63. The molecule has 3 amide bonds. The Morgan fingerprint density at radius 1 is 1.03 bits per heavy atom. The molecule has 0 bridgehead atoms. The van der Waals surface area contributed by atoms with Gasteiger partial charge in [-0.2, -0.15) is 0 Å². The Morgan fingerprint density at radius 2 is 1.71 bits per heavy atom. The summed E-state index contributed by atoms with van der Waals surface area (Å²) in [5, 5.41) is 11.6. The van der Waals surface area contributed by atoms with Gasteiger partial charge in [0.15, 0.2) is 0 Å². The summed E-state index contributed by atoms with van der Waals surface area (Å²) in [5.74, 6) is -1.67. The molecule has 1 unspecified atom stereocenters. The van der Waals surface area contributed by atoms with Crippen LogP contribution in [0.5, 0.6) is 0 Å². The van der Waals surface area contributed by atoms with Gasteiger partial charge in [0.05, 0.1) is 17.0 Å². The molecule has 1 fully saturated rings. The van der Waals surface area contributed by atoms with Crippen molar-refractivity contribution in [2.24, 2.45) is 0 Å². The molecule has 0 N–H and O–H groups in total. The number of nitro groups is 1. The lowest BCUT2D eigenvalue weighted by Gasteiger charge is -2.28. The van der Waals surface area contributed by atoms with E-state index in [9.17, 15) is 24.5 Å². The zero-order valence-electron chi connectivity index (χ0n) is 17.6. The van der Waals surface area contributed by atoms with E-state index in [4.69, 9.17) is 23.2 Å². The van der Waals surface area contributed by atoms with Crippen molar-refractivity contribution in [2.75, 3.05) is 4.90 Å². The van der Waals surface area contributed by atoms with E-state index < -0.39 is 34.4 Å². The van der Waals surface area contributed by atoms with E-state index in [1.165, 1.54) is 17.0 Å². The molecule has 1 atom stereocenters. The minimum Gasteiger partial charge on any atom is -0.322 e. The number of imide groups is 1. The van der Waals surface area contributed by atoms with Gasteiger partial charge in [-0.05, 0) is 42.0 Å². The van der Waals surface area contributed by atoms with Gasteiger partial charge in [-0.3, -0.25) is 24.5 Å². The zero-order valence-corrected chi connectivity index (χ0v) is 19.1. The third kappa shape index (κ3) is 4.64. The third-order valence-electron chi connectivity index (χ3n) is 5.43. The summed E-state index contributed by atoms with van der Waals surface area (Å²) >= 11 is 11.8. The van der Waals surface area contributed by atoms with Gasteiger partial charge in [-0.15, -0.1) is 0 Å². The normalized spacial score (nSPS) is 15.5. The molecule has 1 aliphatic heterocycles. The fraction of sp³-hybridized carbons (Fsp3) is 0.125. The first kappa shape index (κ1) is 23.4. The monoisotopic (exact) mass is 497 g/mol. The first-order valence-corrected chi connectivity index (χ1v) is 10.9. The molecule has 0 spiro atoms. The molecule has 3 aromatic rings. The minimum absolute atomic E-state index is 0.0165. The molecular weight excluding hydrogens is 481 g/mol. The summed E-state index contributed by atoms with van der Waals surface area (Å²) in [5.41, 5.74) is 0.627. The van der Waals surface area contributed by atoms with Crippen molar-refractivity contribution in [3.63, 3.8) is 0 Å². The van der Waals surface area contributed by atoms with Crippen LogP contribution in [-0.4, -0.2) is 33.6 Å². The molecule has 34 heavy (non-hydrogen) atoms. The first-order valence-electron chi connectivity index (χ1n) is 10.2. The standard InChI is InChI=1S/C24H17Cl2N3O5/c25-17-7-9-18(10-8-17)28-22(30)13-21(24(28)32)27(14-15-4-2-1-3-5-15)23(31)16-6-11-19(26)20(12-16)29(33)34/h1-12,21H,13-14H2. The van der Waals surface area contributed by atoms with Crippen LogP contribution in [0.25, 0.3) is 0 Å². The predicted octanol–water partition coefficient (Wildman–Crippen LogP) is 4.88. The SMILES string of the molecule is O=C1CC(N(Cc2ccccc2)C(=O)c2ccc(Cl)c([N+](=O)[O-])c2)C(=O)N1c1ccc(Cl)cc1. The first-order chi connectivity index (χ1) is 16.3. The number of nitro benzene ring substituents is 1. The van der Waals surface area contributed by atoms with Gasteiger partial charge in [-0.1, -0.05) is 53.5 Å². The van der Waals surface area contributed by atoms with E-state index in [2.05, 4.69) is 0 Å². The molecule has 0 aromatic heterocycles. The van der Waals surface area contributed by atoms with Crippen molar-refractivity contribution < 1.29 is 19.3 Å². The van der Waals surface area contributed by atoms with Crippen LogP contribution in [0.1, 0.15) is 22.3 Å². The zero-order chi connectivity index (χ0) is 24.4. The summed E-state index contributed by atoms with van der Waals surface area (Å²) in [6, 6.07) is 17.7. The second-order valence-corrected chi connectivity index (χ2v) is 8.45. The van der Waals surface area contributed by atoms with Crippen LogP contribution in [0.4, 0.5) is 11.4 Å². The highest BCUT2D eigenvalue weighted by Gasteiger charge is 2.44. The molecular formula is C24H17Cl2N3O5. The number of anilines is 1. The maximum atomic E-state index is 13.5. The van der Waals surface area contributed by atoms with Crippen LogP contribution < -0.4 is 4.90 Å². The Morgan fingerprint density at radius 3 is 2.35 bits per heavy atom. The smallest absolute Gasteiger partial charge is 0.288 e. The highest BCUT2D eigenvalue weighted by Crippen LogP contribution is 2.30. The number of nitrogens with zero attached hydrogens (tertiary/aromatic N) is 3. The second-order valence-electron chi connectivity index (χ2n) is 7.61. The van der Waals surface area contributed by atoms with Gasteiger partial charge in [0.25, 0.3) is 17.5 Å². The molecule has 1 saturated heterocycles. The summed E-state index contributed by atoms with van der Waals surface area (Å²) in [7, 11) is 0. The van der Waals surface area contributed by atoms with Gasteiger partial charge in [0.2, 0.25) is 5.91 Å². The number of benzene rings is 3. The second kappa shape index (κ2) is 9.62. The van der Waals surface area contributed by atoms with Crippen LogP contribution in [0.15, 0.2) is 72.8 Å². The number of carbonyl (C=O) groups is 3. The number of rotatable bonds is 6. The Bertz CT molecular complexity index is 1280. The molecule has 3 aromatic carbocycles. The van der Waals surface area contributed by atoms with Crippen LogP contribution in [0.2, 0.25) is 10.0 Å². The van der Waals surface area contributed by atoms with Crippen LogP contribution >= 0.6 is 23.2 Å². The summed E-state index contributed by atoms with van der Waals surface area (Å²) < 4.78 is 0. The lowest BCUT2D eigenvalue weighted by atomic mass is 10.1. The van der Waals surface area contributed by atoms with Crippen LogP contribution in [-0.2, 0) is 16.1 Å². The van der Waals surface area contributed by atoms with Crippen molar-refractivity contribution in [2.45, 2.75) is 19.0 Å². The van der Waals surface area contributed by atoms with Gasteiger partial charge in [-0.25, -0.2) is 4.90 Å². The van der Waals surface area contributed by atoms with Gasteiger partial charge in [0, 0.05) is 23.2 Å². The number of halogens is 2. The summed E-state index contributed by atoms with van der Waals surface area (Å²) in [6.07, 6.45) is -0.226. The van der Waals surface area contributed by atoms with E-state index in [1.54, 1.807) is 48.5 Å². The number of carbonyl (C=O) groups excluding carboxylic acids is 3. The predicted molar refractivity (Wildman–Crippen MR) is 127 cm³/mol. The largest absolute Gasteiger partial charge is 0.322 e. The summed E-state index contributed by atoms with van der Waals surface area (Å²) in [6.45, 7) is 0.0221. The maximum Gasteiger partial charge on any atom is 0.288 e. The van der Waals surface area contributed by atoms with Crippen LogP contribution in [0.3, 0.4) is 0 Å². The molecule has 4 rings (SSSR count). The van der Waals surface area contributed by atoms with Crippen molar-refractivity contribution >= 4 is 52.3 Å². The van der Waals surface area contributed by atoms with Crippen LogP contribution in [0, 0.1) is 10.1 Å². The topological polar surface area (TPSA) is 101 Å². The van der Waals surface area contributed by atoms with E-state index >= 15 is 0 Å². The number of hydrogen-bond donors (Lipinski definition) is 0. The van der Waals surface area contributed by atoms with Crippen molar-refractivity contribution in [3.8, 4) is 0 Å².